The Morgan fingerprint density at radius 3 is 2.51 bits per heavy atom. The maximum atomic E-state index is 13.0. The van der Waals surface area contributed by atoms with Crippen molar-refractivity contribution in [3.8, 4) is 6.07 Å². The number of fused-ring (bicyclic) bond motifs is 1. The van der Waals surface area contributed by atoms with E-state index in [1.807, 2.05) is 63.2 Å². The topological polar surface area (TPSA) is 99.3 Å². The van der Waals surface area contributed by atoms with Gasteiger partial charge in [-0.1, -0.05) is 73.4 Å². The number of aromatic nitrogens is 1. The molecule has 1 aromatic heterocycles. The summed E-state index contributed by atoms with van der Waals surface area (Å²) in [5.41, 5.74) is 7.11. The van der Waals surface area contributed by atoms with E-state index in [9.17, 15) is 14.9 Å². The van der Waals surface area contributed by atoms with E-state index >= 15 is 0 Å². The lowest BCUT2D eigenvalue weighted by Gasteiger charge is -2.20. The Hall–Kier alpha value is -4.12. The third-order valence-electron chi connectivity index (χ3n) is 6.53. The lowest BCUT2D eigenvalue weighted by molar-refractivity contribution is -0.123. The van der Waals surface area contributed by atoms with Gasteiger partial charge in [0.05, 0.1) is 28.4 Å². The molecule has 0 saturated heterocycles. The molecule has 0 radical (unpaired) electrons. The molecule has 1 unspecified atom stereocenters. The number of hydrazone groups is 1. The van der Waals surface area contributed by atoms with E-state index in [1.165, 1.54) is 12.1 Å². The van der Waals surface area contributed by atoms with Gasteiger partial charge in [-0.2, -0.15) is 10.4 Å². The van der Waals surface area contributed by atoms with Crippen LogP contribution in [0.4, 0.5) is 0 Å². The molecule has 0 aliphatic rings. The van der Waals surface area contributed by atoms with Crippen molar-refractivity contribution in [3.05, 3.63) is 105 Å². The Kier molecular flexibility index (Phi) is 8.70. The average molecular weight is 560 g/mol. The highest BCUT2D eigenvalue weighted by atomic mass is 35.5. The molecular weight excluding hydrogens is 533 g/mol. The highest BCUT2D eigenvalue weighted by Gasteiger charge is 2.25. The minimum Gasteiger partial charge on any atom is -0.340 e. The molecule has 0 bridgehead atoms. The number of benzene rings is 3. The Labute approximate surface area is 237 Å². The van der Waals surface area contributed by atoms with Crippen molar-refractivity contribution in [1.82, 2.24) is 15.3 Å². The summed E-state index contributed by atoms with van der Waals surface area (Å²) in [5, 5.41) is 18.1. The standard InChI is InChI=1S/C30H27Cl2N5O2/c1-18(2)28(35-29(38)24-13-12-22(31)14-26(24)32)30(39)36-34-16-25-19(3)37(27-11-7-6-10-23(25)27)17-21-9-5-4-8-20(21)15-33/h4-14,16,18,28H,17H2,1-3H3,(H,35,38)(H,36,39). The van der Waals surface area contributed by atoms with Crippen LogP contribution in [0.25, 0.3) is 10.9 Å². The minimum atomic E-state index is -0.841. The molecular formula is C30H27Cl2N5O2. The Balaban J connectivity index is 1.55. The fourth-order valence-corrected chi connectivity index (χ4v) is 4.91. The summed E-state index contributed by atoms with van der Waals surface area (Å²) >= 11 is 12.1. The van der Waals surface area contributed by atoms with Gasteiger partial charge in [0.1, 0.15) is 6.04 Å². The van der Waals surface area contributed by atoms with Crippen LogP contribution in [0.2, 0.25) is 10.0 Å². The van der Waals surface area contributed by atoms with E-state index in [-0.39, 0.29) is 16.5 Å². The number of para-hydroxylation sites is 1. The van der Waals surface area contributed by atoms with Crippen molar-refractivity contribution >= 4 is 52.1 Å². The molecule has 0 fully saturated rings. The van der Waals surface area contributed by atoms with Crippen LogP contribution >= 0.6 is 23.2 Å². The second kappa shape index (κ2) is 12.2. The van der Waals surface area contributed by atoms with Gasteiger partial charge in [-0.05, 0) is 48.7 Å². The van der Waals surface area contributed by atoms with Gasteiger partial charge in [-0.15, -0.1) is 0 Å². The van der Waals surface area contributed by atoms with Gasteiger partial charge in [0.25, 0.3) is 11.8 Å². The molecule has 7 nitrogen and oxygen atoms in total. The van der Waals surface area contributed by atoms with Gasteiger partial charge < -0.3 is 9.88 Å². The molecule has 39 heavy (non-hydrogen) atoms. The molecule has 9 heteroatoms. The zero-order chi connectivity index (χ0) is 28.1. The Morgan fingerprint density at radius 2 is 1.79 bits per heavy atom. The molecule has 198 valence electrons. The van der Waals surface area contributed by atoms with Crippen LogP contribution in [0.3, 0.4) is 0 Å². The van der Waals surface area contributed by atoms with E-state index in [2.05, 4.69) is 26.5 Å². The van der Waals surface area contributed by atoms with E-state index in [1.54, 1.807) is 18.3 Å². The maximum absolute atomic E-state index is 13.0. The smallest absolute Gasteiger partial charge is 0.262 e. The Bertz CT molecular complexity index is 1620. The van der Waals surface area contributed by atoms with E-state index in [4.69, 9.17) is 23.2 Å². The van der Waals surface area contributed by atoms with Crippen molar-refractivity contribution in [2.45, 2.75) is 33.4 Å². The highest BCUT2D eigenvalue weighted by molar-refractivity contribution is 6.36. The Morgan fingerprint density at radius 1 is 1.08 bits per heavy atom. The van der Waals surface area contributed by atoms with Crippen molar-refractivity contribution in [3.63, 3.8) is 0 Å². The number of hydrogen-bond acceptors (Lipinski definition) is 4. The van der Waals surface area contributed by atoms with Crippen LogP contribution in [0.1, 0.15) is 46.6 Å². The van der Waals surface area contributed by atoms with Crippen molar-refractivity contribution in [1.29, 1.82) is 5.26 Å². The first kappa shape index (κ1) is 27.9. The third kappa shape index (κ3) is 6.14. The summed E-state index contributed by atoms with van der Waals surface area (Å²) in [7, 11) is 0. The van der Waals surface area contributed by atoms with Crippen LogP contribution < -0.4 is 10.7 Å². The van der Waals surface area contributed by atoms with Crippen molar-refractivity contribution in [2.24, 2.45) is 11.0 Å². The van der Waals surface area contributed by atoms with Gasteiger partial charge >= 0.3 is 0 Å². The summed E-state index contributed by atoms with van der Waals surface area (Å²) in [4.78, 5) is 25.8. The van der Waals surface area contributed by atoms with Crippen molar-refractivity contribution < 1.29 is 9.59 Å². The maximum Gasteiger partial charge on any atom is 0.262 e. The predicted octanol–water partition coefficient (Wildman–Crippen LogP) is 6.08. The second-order valence-electron chi connectivity index (χ2n) is 9.42. The minimum absolute atomic E-state index is 0.199. The molecule has 2 N–H and O–H groups in total. The number of hydrogen-bond donors (Lipinski definition) is 2. The normalized spacial score (nSPS) is 12.0. The molecule has 0 aliphatic heterocycles. The quantitative estimate of drug-likeness (QED) is 0.202. The molecule has 0 saturated carbocycles. The lowest BCUT2D eigenvalue weighted by Crippen LogP contribution is -2.48. The molecule has 1 atom stereocenters. The zero-order valence-corrected chi connectivity index (χ0v) is 23.2. The van der Waals surface area contributed by atoms with Crippen LogP contribution in [-0.4, -0.2) is 28.6 Å². The molecule has 0 spiro atoms. The third-order valence-corrected chi connectivity index (χ3v) is 7.07. The molecule has 1 heterocycles. The van der Waals surface area contributed by atoms with Gasteiger partial charge in [0.15, 0.2) is 0 Å². The lowest BCUT2D eigenvalue weighted by atomic mass is 10.0. The van der Waals surface area contributed by atoms with Crippen LogP contribution in [-0.2, 0) is 11.3 Å². The number of halogens is 2. The number of nitrogens with one attached hydrogen (secondary N) is 2. The number of amides is 2. The SMILES string of the molecule is Cc1c(C=NNC(=O)C(NC(=O)c2ccc(Cl)cc2Cl)C(C)C)c2ccccc2n1Cc1ccccc1C#N. The van der Waals surface area contributed by atoms with Gasteiger partial charge in [0, 0.05) is 33.7 Å². The summed E-state index contributed by atoms with van der Waals surface area (Å²) in [6, 6.07) is 21.4. The first-order valence-electron chi connectivity index (χ1n) is 12.4. The number of carbonyl (C=O) groups is 2. The summed E-state index contributed by atoms with van der Waals surface area (Å²) in [5.74, 6) is -1.14. The molecule has 0 aliphatic carbocycles. The first-order valence-corrected chi connectivity index (χ1v) is 13.1. The first-order chi connectivity index (χ1) is 18.7. The number of rotatable bonds is 8. The largest absolute Gasteiger partial charge is 0.340 e. The summed E-state index contributed by atoms with van der Waals surface area (Å²) in [6.45, 7) is 6.15. The number of carbonyl (C=O) groups excluding carboxylic acids is 2. The van der Waals surface area contributed by atoms with E-state index < -0.39 is 17.9 Å². The van der Waals surface area contributed by atoms with E-state index in [0.717, 1.165) is 27.7 Å². The summed E-state index contributed by atoms with van der Waals surface area (Å²) < 4.78 is 2.13. The van der Waals surface area contributed by atoms with Crippen LogP contribution in [0.5, 0.6) is 0 Å². The van der Waals surface area contributed by atoms with Crippen molar-refractivity contribution in [2.75, 3.05) is 0 Å². The van der Waals surface area contributed by atoms with Gasteiger partial charge in [-0.25, -0.2) is 5.43 Å². The van der Waals surface area contributed by atoms with Gasteiger partial charge in [-0.3, -0.25) is 9.59 Å². The van der Waals surface area contributed by atoms with Crippen LogP contribution in [0, 0.1) is 24.2 Å². The molecule has 3 aromatic carbocycles. The van der Waals surface area contributed by atoms with E-state index in [0.29, 0.717) is 17.1 Å². The molecule has 2 amide bonds. The number of nitriles is 1. The highest BCUT2D eigenvalue weighted by Crippen LogP contribution is 2.26. The predicted molar refractivity (Wildman–Crippen MR) is 155 cm³/mol. The second-order valence-corrected chi connectivity index (χ2v) is 10.3. The monoisotopic (exact) mass is 559 g/mol. The zero-order valence-electron chi connectivity index (χ0n) is 21.7. The molecule has 4 aromatic rings. The van der Waals surface area contributed by atoms with Crippen LogP contribution in [0.15, 0.2) is 71.8 Å². The number of nitrogens with zero attached hydrogens (tertiary/aromatic N) is 3. The molecule has 4 rings (SSSR count). The fourth-order valence-electron chi connectivity index (χ4n) is 4.42. The average Bonchev–Trinajstić information content (AvgIpc) is 3.17. The summed E-state index contributed by atoms with van der Waals surface area (Å²) in [6.07, 6.45) is 1.61. The van der Waals surface area contributed by atoms with Gasteiger partial charge in [0.2, 0.25) is 0 Å². The fraction of sp³-hybridized carbons (Fsp3) is 0.200.